The van der Waals surface area contributed by atoms with E-state index < -0.39 is 0 Å². The van der Waals surface area contributed by atoms with Crippen molar-refractivity contribution in [2.24, 2.45) is 5.73 Å². The Morgan fingerprint density at radius 1 is 0.543 bits per heavy atom. The molecule has 2 N–H and O–H groups in total. The summed E-state index contributed by atoms with van der Waals surface area (Å²) in [6.07, 6.45) is 20.2. The number of rotatable bonds is 18. The van der Waals surface area contributed by atoms with Crippen LogP contribution in [0.2, 0.25) is 0 Å². The number of hydrogen-bond acceptors (Lipinski definition) is 1. The molecule has 0 aliphatic heterocycles. The van der Waals surface area contributed by atoms with Crippen LogP contribution in [-0.4, -0.2) is 25.1 Å². The van der Waals surface area contributed by atoms with Gasteiger partial charge in [-0.3, -0.25) is 0 Å². The lowest BCUT2D eigenvalue weighted by Crippen LogP contribution is -3.00. The van der Waals surface area contributed by atoms with E-state index in [1.807, 2.05) is 30.3 Å². The monoisotopic (exact) mass is 502 g/mol. The number of hydrogen-bond donors (Lipinski definition) is 1. The Kier molecular flexibility index (Phi) is 22.2. The summed E-state index contributed by atoms with van der Waals surface area (Å²) in [7, 11) is 4.74. The molecular weight excluding hydrogens is 448 g/mol. The average molecular weight is 503 g/mol. The number of nitrogens with two attached hydrogens (primary N) is 1. The first-order valence-electron chi connectivity index (χ1n) is 14.2. The quantitative estimate of drug-likeness (QED) is 0.199. The molecule has 2 aromatic carbocycles. The summed E-state index contributed by atoms with van der Waals surface area (Å²) >= 11 is 0. The van der Waals surface area contributed by atoms with Gasteiger partial charge in [0.15, 0.2) is 0 Å². The molecule has 0 bridgehead atoms. The maximum atomic E-state index is 5.35. The molecule has 200 valence electrons. The van der Waals surface area contributed by atoms with Gasteiger partial charge in [0, 0.05) is 12.1 Å². The van der Waals surface area contributed by atoms with E-state index in [0.717, 1.165) is 11.0 Å². The largest absolute Gasteiger partial charge is 1.00 e. The van der Waals surface area contributed by atoms with Crippen molar-refractivity contribution in [3.63, 3.8) is 0 Å². The minimum atomic E-state index is 0. The summed E-state index contributed by atoms with van der Waals surface area (Å²) in [6.45, 7) is 5.39. The van der Waals surface area contributed by atoms with Gasteiger partial charge in [-0.25, -0.2) is 0 Å². The minimum Gasteiger partial charge on any atom is -1.00 e. The molecule has 3 heteroatoms. The fourth-order valence-electron chi connectivity index (χ4n) is 4.51. The first-order valence-corrected chi connectivity index (χ1v) is 14.2. The second-order valence-electron chi connectivity index (χ2n) is 10.6. The summed E-state index contributed by atoms with van der Waals surface area (Å²) in [6, 6.07) is 20.9. The fraction of sp³-hybridized carbons (Fsp3) is 0.625. The Bertz CT molecular complexity index is 672. The first kappa shape index (κ1) is 33.7. The van der Waals surface area contributed by atoms with Crippen LogP contribution < -0.4 is 18.1 Å². The lowest BCUT2D eigenvalue weighted by molar-refractivity contribution is -0.903. The van der Waals surface area contributed by atoms with Gasteiger partial charge in [-0.15, -0.1) is 0 Å². The molecular formula is C32H55ClN2. The van der Waals surface area contributed by atoms with Crippen LogP contribution in [0.25, 0.3) is 0 Å². The number of quaternary nitrogens is 1. The lowest BCUT2D eigenvalue weighted by atomic mass is 10.0. The Balaban J connectivity index is 0.00000108. The number of halogens is 1. The van der Waals surface area contributed by atoms with Crippen LogP contribution in [0, 0.1) is 0 Å². The van der Waals surface area contributed by atoms with Crippen molar-refractivity contribution in [1.29, 1.82) is 0 Å². The predicted molar refractivity (Wildman–Crippen MR) is 152 cm³/mol. The Hall–Kier alpha value is -1.35. The molecule has 0 atom stereocenters. The van der Waals surface area contributed by atoms with E-state index in [9.17, 15) is 0 Å². The van der Waals surface area contributed by atoms with Gasteiger partial charge in [0.1, 0.15) is 6.54 Å². The molecule has 0 fully saturated rings. The van der Waals surface area contributed by atoms with Crippen molar-refractivity contribution in [3.8, 4) is 0 Å². The second kappa shape index (κ2) is 23.1. The topological polar surface area (TPSA) is 26.0 Å². The summed E-state index contributed by atoms with van der Waals surface area (Å²) in [5.74, 6) is 0. The average Bonchev–Trinajstić information content (AvgIpc) is 2.85. The summed E-state index contributed by atoms with van der Waals surface area (Å²) < 4.78 is 1.11. The van der Waals surface area contributed by atoms with Gasteiger partial charge in [0.05, 0.1) is 20.6 Å². The number of benzene rings is 2. The van der Waals surface area contributed by atoms with Crippen LogP contribution >= 0.6 is 0 Å². The summed E-state index contributed by atoms with van der Waals surface area (Å²) in [5.41, 5.74) is 8.00. The highest BCUT2D eigenvalue weighted by Gasteiger charge is 2.14. The highest BCUT2D eigenvalue weighted by molar-refractivity contribution is 5.14. The molecule has 35 heavy (non-hydrogen) atoms. The Morgan fingerprint density at radius 2 is 0.914 bits per heavy atom. The van der Waals surface area contributed by atoms with Crippen molar-refractivity contribution in [3.05, 3.63) is 71.8 Å². The Labute approximate surface area is 224 Å². The van der Waals surface area contributed by atoms with Gasteiger partial charge in [-0.1, -0.05) is 145 Å². The predicted octanol–water partition coefficient (Wildman–Crippen LogP) is 5.89. The van der Waals surface area contributed by atoms with E-state index in [4.69, 9.17) is 5.73 Å². The summed E-state index contributed by atoms with van der Waals surface area (Å²) in [4.78, 5) is 0. The third kappa shape index (κ3) is 20.5. The van der Waals surface area contributed by atoms with E-state index in [0.29, 0.717) is 6.54 Å². The van der Waals surface area contributed by atoms with Crippen molar-refractivity contribution in [2.45, 2.75) is 110 Å². The molecule has 0 heterocycles. The maximum Gasteiger partial charge on any atom is 0.104 e. The van der Waals surface area contributed by atoms with Crippen molar-refractivity contribution < 1.29 is 16.9 Å². The zero-order valence-electron chi connectivity index (χ0n) is 23.2. The van der Waals surface area contributed by atoms with Crippen molar-refractivity contribution in [2.75, 3.05) is 20.6 Å². The highest BCUT2D eigenvalue weighted by Crippen LogP contribution is 2.15. The summed E-state index contributed by atoms with van der Waals surface area (Å²) in [5, 5.41) is 0. The SMILES string of the molecule is CCCCCCCCCCCCCCCC[N+](C)(C)Cc1ccccc1.NCc1ccccc1.[Cl-]. The smallest absolute Gasteiger partial charge is 0.104 e. The Morgan fingerprint density at radius 3 is 1.29 bits per heavy atom. The van der Waals surface area contributed by atoms with Gasteiger partial charge in [0.25, 0.3) is 0 Å². The van der Waals surface area contributed by atoms with E-state index in [1.165, 1.54) is 108 Å². The molecule has 0 amide bonds. The van der Waals surface area contributed by atoms with Gasteiger partial charge in [-0.05, 0) is 18.4 Å². The van der Waals surface area contributed by atoms with E-state index in [-0.39, 0.29) is 12.4 Å². The number of nitrogens with zero attached hydrogens (tertiary/aromatic N) is 1. The molecule has 0 aliphatic carbocycles. The van der Waals surface area contributed by atoms with E-state index >= 15 is 0 Å². The van der Waals surface area contributed by atoms with Crippen LogP contribution in [0.3, 0.4) is 0 Å². The second-order valence-corrected chi connectivity index (χ2v) is 10.6. The van der Waals surface area contributed by atoms with Crippen LogP contribution in [0.5, 0.6) is 0 Å². The molecule has 2 aromatic rings. The normalized spacial score (nSPS) is 10.9. The lowest BCUT2D eigenvalue weighted by Gasteiger charge is -2.30. The molecule has 0 radical (unpaired) electrons. The van der Waals surface area contributed by atoms with Crippen molar-refractivity contribution in [1.82, 2.24) is 0 Å². The van der Waals surface area contributed by atoms with E-state index in [2.05, 4.69) is 51.4 Å². The van der Waals surface area contributed by atoms with Crippen LogP contribution in [-0.2, 0) is 13.1 Å². The van der Waals surface area contributed by atoms with Gasteiger partial charge in [0.2, 0.25) is 0 Å². The molecule has 0 aliphatic rings. The maximum absolute atomic E-state index is 5.35. The molecule has 0 saturated carbocycles. The standard InChI is InChI=1S/C25H46N.C7H9N.ClH/c1-4-5-6-7-8-9-10-11-12-13-14-15-16-20-23-26(2,3)24-25-21-18-17-19-22-25;8-6-7-4-2-1-3-5-7;/h17-19,21-22H,4-16,20,23-24H2,1-3H3;1-5H,6,8H2;1H/q+1;;/p-1. The highest BCUT2D eigenvalue weighted by atomic mass is 35.5. The van der Waals surface area contributed by atoms with Gasteiger partial charge >= 0.3 is 0 Å². The van der Waals surface area contributed by atoms with Crippen LogP contribution in [0.15, 0.2) is 60.7 Å². The zero-order chi connectivity index (χ0) is 24.7. The fourth-order valence-corrected chi connectivity index (χ4v) is 4.51. The molecule has 2 nitrogen and oxygen atoms in total. The van der Waals surface area contributed by atoms with Crippen molar-refractivity contribution >= 4 is 0 Å². The first-order chi connectivity index (χ1) is 16.6. The van der Waals surface area contributed by atoms with Crippen LogP contribution in [0.4, 0.5) is 0 Å². The third-order valence-corrected chi connectivity index (χ3v) is 6.65. The van der Waals surface area contributed by atoms with Crippen LogP contribution in [0.1, 0.15) is 108 Å². The van der Waals surface area contributed by atoms with E-state index in [1.54, 1.807) is 0 Å². The molecule has 2 rings (SSSR count). The van der Waals surface area contributed by atoms with Gasteiger partial charge in [-0.2, -0.15) is 0 Å². The van der Waals surface area contributed by atoms with Gasteiger partial charge < -0.3 is 22.6 Å². The number of unbranched alkanes of at least 4 members (excludes halogenated alkanes) is 13. The third-order valence-electron chi connectivity index (χ3n) is 6.65. The molecule has 0 saturated heterocycles. The molecule has 0 aromatic heterocycles. The molecule has 0 unspecified atom stereocenters. The minimum absolute atomic E-state index is 0. The molecule has 0 spiro atoms. The zero-order valence-corrected chi connectivity index (χ0v) is 24.0.